The fourth-order valence-corrected chi connectivity index (χ4v) is 3.43. The van der Waals surface area contributed by atoms with E-state index in [-0.39, 0.29) is 29.6 Å². The molecule has 1 unspecified atom stereocenters. The lowest BCUT2D eigenvalue weighted by molar-refractivity contribution is -0.129. The maximum Gasteiger partial charge on any atom is 0.269 e. The molecule has 3 amide bonds. The zero-order valence-electron chi connectivity index (χ0n) is 18.0. The van der Waals surface area contributed by atoms with Crippen LogP contribution in [0.1, 0.15) is 54.2 Å². The predicted octanol–water partition coefficient (Wildman–Crippen LogP) is 3.10. The summed E-state index contributed by atoms with van der Waals surface area (Å²) in [5.41, 5.74) is 8.70. The summed E-state index contributed by atoms with van der Waals surface area (Å²) in [6.45, 7) is 9.15. The number of nitrogens with one attached hydrogen (secondary N) is 2. The van der Waals surface area contributed by atoms with Gasteiger partial charge in [-0.2, -0.15) is 0 Å². The van der Waals surface area contributed by atoms with Crippen molar-refractivity contribution in [2.24, 2.45) is 5.92 Å². The molecule has 0 aliphatic carbocycles. The molecule has 30 heavy (non-hydrogen) atoms. The summed E-state index contributed by atoms with van der Waals surface area (Å²) < 4.78 is 0. The Kier molecular flexibility index (Phi) is 6.25. The second-order valence-corrected chi connectivity index (χ2v) is 8.93. The van der Waals surface area contributed by atoms with Gasteiger partial charge in [0.15, 0.2) is 0 Å². The van der Waals surface area contributed by atoms with Crippen LogP contribution in [0.15, 0.2) is 48.5 Å². The second kappa shape index (κ2) is 8.69. The van der Waals surface area contributed by atoms with Crippen molar-refractivity contribution in [3.63, 3.8) is 0 Å². The van der Waals surface area contributed by atoms with Crippen LogP contribution in [0.3, 0.4) is 0 Å². The van der Waals surface area contributed by atoms with Crippen molar-refractivity contribution < 1.29 is 14.4 Å². The van der Waals surface area contributed by atoms with Crippen molar-refractivity contribution in [1.29, 1.82) is 0 Å². The van der Waals surface area contributed by atoms with Crippen LogP contribution in [0.4, 0.5) is 0 Å². The molecule has 1 heterocycles. The number of aryl methyl sites for hydroxylation is 1. The van der Waals surface area contributed by atoms with Gasteiger partial charge in [0.25, 0.3) is 5.91 Å². The molecular formula is C24H29N3O3. The van der Waals surface area contributed by atoms with Crippen LogP contribution in [0.2, 0.25) is 0 Å². The molecule has 3 rings (SSSR count). The van der Waals surface area contributed by atoms with Gasteiger partial charge in [0, 0.05) is 25.1 Å². The second-order valence-electron chi connectivity index (χ2n) is 8.93. The smallest absolute Gasteiger partial charge is 0.269 e. The Morgan fingerprint density at radius 3 is 2.23 bits per heavy atom. The minimum atomic E-state index is -0.480. The van der Waals surface area contributed by atoms with Crippen molar-refractivity contribution in [3.05, 3.63) is 70.8 Å². The fourth-order valence-electron chi connectivity index (χ4n) is 3.43. The van der Waals surface area contributed by atoms with Gasteiger partial charge in [-0.3, -0.25) is 25.2 Å². The molecule has 0 aromatic heterocycles. The highest BCUT2D eigenvalue weighted by Gasteiger charge is 2.34. The van der Waals surface area contributed by atoms with Crippen molar-refractivity contribution in [3.8, 4) is 0 Å². The van der Waals surface area contributed by atoms with E-state index in [0.29, 0.717) is 18.7 Å². The number of rotatable bonds is 4. The Balaban J connectivity index is 1.51. The van der Waals surface area contributed by atoms with Gasteiger partial charge in [-0.25, -0.2) is 0 Å². The quantitative estimate of drug-likeness (QED) is 0.765. The highest BCUT2D eigenvalue weighted by molar-refractivity contribution is 5.96. The summed E-state index contributed by atoms with van der Waals surface area (Å²) in [6, 6.07) is 15.3. The highest BCUT2D eigenvalue weighted by atomic mass is 16.2. The van der Waals surface area contributed by atoms with E-state index in [0.717, 1.165) is 16.7 Å². The zero-order chi connectivity index (χ0) is 21.9. The molecule has 2 N–H and O–H groups in total. The van der Waals surface area contributed by atoms with Gasteiger partial charge in [-0.15, -0.1) is 0 Å². The Hall–Kier alpha value is -3.15. The maximum atomic E-state index is 12.5. The molecule has 0 bridgehead atoms. The molecule has 1 fully saturated rings. The summed E-state index contributed by atoms with van der Waals surface area (Å²) in [7, 11) is 0. The van der Waals surface area contributed by atoms with Gasteiger partial charge in [-0.05, 0) is 35.6 Å². The number of amides is 3. The van der Waals surface area contributed by atoms with E-state index in [1.54, 1.807) is 17.0 Å². The Morgan fingerprint density at radius 2 is 1.63 bits per heavy atom. The number of hydrogen-bond donors (Lipinski definition) is 2. The summed E-state index contributed by atoms with van der Waals surface area (Å²) >= 11 is 0. The third-order valence-electron chi connectivity index (χ3n) is 5.39. The minimum absolute atomic E-state index is 0.00266. The van der Waals surface area contributed by atoms with Gasteiger partial charge < -0.3 is 4.90 Å². The number of benzene rings is 2. The number of nitrogens with zero attached hydrogens (tertiary/aromatic N) is 1. The van der Waals surface area contributed by atoms with Crippen LogP contribution >= 0.6 is 0 Å². The summed E-state index contributed by atoms with van der Waals surface area (Å²) in [5.74, 6) is -1.27. The predicted molar refractivity (Wildman–Crippen MR) is 115 cm³/mol. The zero-order valence-corrected chi connectivity index (χ0v) is 18.0. The van der Waals surface area contributed by atoms with E-state index >= 15 is 0 Å². The van der Waals surface area contributed by atoms with E-state index in [1.165, 1.54) is 0 Å². The van der Waals surface area contributed by atoms with E-state index in [4.69, 9.17) is 0 Å². The molecule has 1 atom stereocenters. The number of carbonyl (C=O) groups excluding carboxylic acids is 3. The largest absolute Gasteiger partial charge is 0.338 e. The molecule has 2 aromatic rings. The van der Waals surface area contributed by atoms with Crippen molar-refractivity contribution >= 4 is 17.7 Å². The van der Waals surface area contributed by atoms with Crippen LogP contribution in [0.5, 0.6) is 0 Å². The molecule has 2 aromatic carbocycles. The Morgan fingerprint density at radius 1 is 1.00 bits per heavy atom. The molecule has 0 saturated carbocycles. The summed E-state index contributed by atoms with van der Waals surface area (Å²) in [4.78, 5) is 38.7. The highest BCUT2D eigenvalue weighted by Crippen LogP contribution is 2.22. The molecule has 6 nitrogen and oxygen atoms in total. The maximum absolute atomic E-state index is 12.5. The van der Waals surface area contributed by atoms with Gasteiger partial charge in [0.1, 0.15) is 0 Å². The lowest BCUT2D eigenvalue weighted by Gasteiger charge is -2.19. The molecule has 0 spiro atoms. The standard InChI is InChI=1S/C24H29N3O3/c1-16-5-7-17(8-6-16)14-27-15-19(13-21(27)28)23(30)26-25-22(29)18-9-11-20(12-10-18)24(2,3)4/h5-12,19H,13-15H2,1-4H3,(H,25,29)(H,26,30). The van der Waals surface area contributed by atoms with E-state index < -0.39 is 5.92 Å². The molecule has 1 aliphatic rings. The molecule has 6 heteroatoms. The third-order valence-corrected chi connectivity index (χ3v) is 5.39. The van der Waals surface area contributed by atoms with Crippen molar-refractivity contribution in [2.75, 3.05) is 6.54 Å². The average molecular weight is 408 g/mol. The molecule has 158 valence electrons. The first-order valence-electron chi connectivity index (χ1n) is 10.2. The van der Waals surface area contributed by atoms with Crippen LogP contribution in [0, 0.1) is 12.8 Å². The van der Waals surface area contributed by atoms with Crippen LogP contribution < -0.4 is 10.9 Å². The molecule has 1 saturated heterocycles. The normalized spacial score (nSPS) is 16.5. The van der Waals surface area contributed by atoms with Crippen LogP contribution in [0.25, 0.3) is 0 Å². The van der Waals surface area contributed by atoms with Gasteiger partial charge >= 0.3 is 0 Å². The lowest BCUT2D eigenvalue weighted by Crippen LogP contribution is -2.45. The fraction of sp³-hybridized carbons (Fsp3) is 0.375. The molecule has 0 radical (unpaired) electrons. The third kappa shape index (κ3) is 5.26. The first-order chi connectivity index (χ1) is 14.1. The van der Waals surface area contributed by atoms with Crippen LogP contribution in [-0.4, -0.2) is 29.2 Å². The lowest BCUT2D eigenvalue weighted by atomic mass is 9.87. The summed E-state index contributed by atoms with van der Waals surface area (Å²) in [6.07, 6.45) is 0.147. The van der Waals surface area contributed by atoms with Crippen LogP contribution in [-0.2, 0) is 21.5 Å². The monoisotopic (exact) mass is 407 g/mol. The number of hydrogen-bond acceptors (Lipinski definition) is 3. The number of hydrazine groups is 1. The first-order valence-corrected chi connectivity index (χ1v) is 10.2. The van der Waals surface area contributed by atoms with E-state index in [2.05, 4.69) is 31.6 Å². The van der Waals surface area contributed by atoms with Crippen molar-refractivity contribution in [1.82, 2.24) is 15.8 Å². The first kappa shape index (κ1) is 21.6. The van der Waals surface area contributed by atoms with Crippen molar-refractivity contribution in [2.45, 2.75) is 46.1 Å². The van der Waals surface area contributed by atoms with Gasteiger partial charge in [-0.1, -0.05) is 62.7 Å². The van der Waals surface area contributed by atoms with E-state index in [9.17, 15) is 14.4 Å². The van der Waals surface area contributed by atoms with Gasteiger partial charge in [0.05, 0.1) is 5.92 Å². The Bertz CT molecular complexity index is 928. The Labute approximate surface area is 177 Å². The van der Waals surface area contributed by atoms with Gasteiger partial charge in [0.2, 0.25) is 11.8 Å². The number of likely N-dealkylation sites (tertiary alicyclic amines) is 1. The SMILES string of the molecule is Cc1ccc(CN2CC(C(=O)NNC(=O)c3ccc(C(C)(C)C)cc3)CC2=O)cc1. The molecular weight excluding hydrogens is 378 g/mol. The summed E-state index contributed by atoms with van der Waals surface area (Å²) in [5, 5.41) is 0. The molecule has 1 aliphatic heterocycles. The number of carbonyl (C=O) groups is 3. The van der Waals surface area contributed by atoms with E-state index in [1.807, 2.05) is 43.3 Å². The minimum Gasteiger partial charge on any atom is -0.338 e. The average Bonchev–Trinajstić information content (AvgIpc) is 3.07. The topological polar surface area (TPSA) is 78.5 Å².